The van der Waals surface area contributed by atoms with Gasteiger partial charge >= 0.3 is 0 Å². The van der Waals surface area contributed by atoms with Gasteiger partial charge in [0.15, 0.2) is 5.78 Å². The molecule has 0 spiro atoms. The Bertz CT molecular complexity index is 699. The third kappa shape index (κ3) is 2.77. The number of amides is 1. The molecule has 1 saturated heterocycles. The number of ketones is 1. The number of rotatable bonds is 4. The lowest BCUT2D eigenvalue weighted by atomic mass is 10.0. The Kier molecular flexibility index (Phi) is 4.25. The first kappa shape index (κ1) is 14.8. The molecular weight excluding hydrogens is 298 g/mol. The molecule has 0 aromatic heterocycles. The molecule has 2 aromatic carbocycles. The second-order valence-corrected chi connectivity index (χ2v) is 5.75. The van der Waals surface area contributed by atoms with Gasteiger partial charge in [0.05, 0.1) is 5.69 Å². The molecule has 1 aliphatic heterocycles. The molecule has 3 nitrogen and oxygen atoms in total. The monoisotopic (exact) mass is 313 g/mol. The maximum Gasteiger partial charge on any atom is 0.227 e. The van der Waals surface area contributed by atoms with Crippen LogP contribution in [0.3, 0.4) is 0 Å². The van der Waals surface area contributed by atoms with Gasteiger partial charge in [-0.2, -0.15) is 0 Å². The molecule has 1 aliphatic rings. The smallest absolute Gasteiger partial charge is 0.227 e. The van der Waals surface area contributed by atoms with Crippen LogP contribution in [0.15, 0.2) is 54.6 Å². The molecule has 4 heteroatoms. The molecule has 1 atom stereocenters. The second kappa shape index (κ2) is 6.32. The molecule has 22 heavy (non-hydrogen) atoms. The zero-order chi connectivity index (χ0) is 15.5. The summed E-state index contributed by atoms with van der Waals surface area (Å²) in [5.41, 5.74) is 1.85. The Morgan fingerprint density at radius 3 is 2.45 bits per heavy atom. The molecule has 1 fully saturated rings. The van der Waals surface area contributed by atoms with Crippen molar-refractivity contribution in [3.05, 3.63) is 65.7 Å². The number of benzene rings is 2. The summed E-state index contributed by atoms with van der Waals surface area (Å²) >= 11 is 5.88. The molecule has 1 heterocycles. The number of nitrogens with zero attached hydrogens (tertiary/aromatic N) is 1. The fourth-order valence-electron chi connectivity index (χ4n) is 2.76. The molecule has 2 aromatic rings. The fraction of sp³-hybridized carbons (Fsp3) is 0.222. The number of alkyl halides is 1. The largest absolute Gasteiger partial charge is 0.311 e. The molecule has 1 unspecified atom stereocenters. The van der Waals surface area contributed by atoms with Crippen molar-refractivity contribution in [1.29, 1.82) is 0 Å². The number of halogens is 1. The third-order valence-electron chi connectivity index (χ3n) is 3.90. The van der Waals surface area contributed by atoms with Crippen molar-refractivity contribution in [3.63, 3.8) is 0 Å². The Labute approximate surface area is 134 Å². The van der Waals surface area contributed by atoms with Crippen LogP contribution in [0.5, 0.6) is 0 Å². The van der Waals surface area contributed by atoms with Gasteiger partial charge in [-0.1, -0.05) is 42.5 Å². The van der Waals surface area contributed by atoms with E-state index in [1.807, 2.05) is 36.4 Å². The van der Waals surface area contributed by atoms with Crippen LogP contribution in [0, 0.1) is 5.92 Å². The maximum absolute atomic E-state index is 12.7. The lowest BCUT2D eigenvalue weighted by Gasteiger charge is -2.19. The van der Waals surface area contributed by atoms with E-state index in [0.29, 0.717) is 35.7 Å². The SMILES string of the molecule is O=C(c1ccccc1)c1ccccc1N1CC(CCl)CC1=O. The number of carbonyl (C=O) groups excluding carboxylic acids is 2. The van der Waals surface area contributed by atoms with Crippen LogP contribution >= 0.6 is 11.6 Å². The normalized spacial score (nSPS) is 17.8. The van der Waals surface area contributed by atoms with Gasteiger partial charge in [0.2, 0.25) is 5.91 Å². The van der Waals surface area contributed by atoms with Gasteiger partial charge in [0.1, 0.15) is 0 Å². The minimum Gasteiger partial charge on any atom is -0.311 e. The standard InChI is InChI=1S/C18H16ClNO2/c19-11-13-10-17(21)20(12-13)16-9-5-4-8-15(16)18(22)14-6-2-1-3-7-14/h1-9,13H,10-12H2. The summed E-state index contributed by atoms with van der Waals surface area (Å²) in [7, 11) is 0. The zero-order valence-electron chi connectivity index (χ0n) is 12.0. The fourth-order valence-corrected chi connectivity index (χ4v) is 2.97. The Morgan fingerprint density at radius 1 is 1.09 bits per heavy atom. The third-order valence-corrected chi connectivity index (χ3v) is 4.34. The minimum atomic E-state index is -0.0710. The van der Waals surface area contributed by atoms with Gasteiger partial charge in [-0.3, -0.25) is 9.59 Å². The number of anilines is 1. The summed E-state index contributed by atoms with van der Waals surface area (Å²) in [5.74, 6) is 0.558. The Hall–Kier alpha value is -2.13. The quantitative estimate of drug-likeness (QED) is 0.640. The molecule has 1 amide bonds. The molecule has 0 N–H and O–H groups in total. The van der Waals surface area contributed by atoms with Crippen molar-refractivity contribution in [2.75, 3.05) is 17.3 Å². The molecule has 0 bridgehead atoms. The lowest BCUT2D eigenvalue weighted by Crippen LogP contribution is -2.26. The highest BCUT2D eigenvalue weighted by molar-refractivity contribution is 6.18. The van der Waals surface area contributed by atoms with Crippen LogP contribution in [-0.2, 0) is 4.79 Å². The van der Waals surface area contributed by atoms with Crippen LogP contribution < -0.4 is 4.90 Å². The van der Waals surface area contributed by atoms with Crippen molar-refractivity contribution in [1.82, 2.24) is 0 Å². The van der Waals surface area contributed by atoms with Gasteiger partial charge in [0.25, 0.3) is 0 Å². The van der Waals surface area contributed by atoms with E-state index in [2.05, 4.69) is 0 Å². The van der Waals surface area contributed by atoms with Gasteiger partial charge in [0, 0.05) is 30.0 Å². The summed E-state index contributed by atoms with van der Waals surface area (Å²) in [6, 6.07) is 16.4. The zero-order valence-corrected chi connectivity index (χ0v) is 12.8. The highest BCUT2D eigenvalue weighted by Gasteiger charge is 2.32. The number of carbonyl (C=O) groups is 2. The van der Waals surface area contributed by atoms with E-state index in [4.69, 9.17) is 11.6 Å². The summed E-state index contributed by atoms with van der Waals surface area (Å²) in [4.78, 5) is 26.6. The van der Waals surface area contributed by atoms with E-state index in [1.54, 1.807) is 23.1 Å². The van der Waals surface area contributed by atoms with Crippen molar-refractivity contribution in [2.45, 2.75) is 6.42 Å². The van der Waals surface area contributed by atoms with Crippen LogP contribution in [0.1, 0.15) is 22.3 Å². The molecule has 3 rings (SSSR count). The first-order valence-corrected chi connectivity index (χ1v) is 7.79. The molecular formula is C18H16ClNO2. The van der Waals surface area contributed by atoms with Crippen LogP contribution in [0.4, 0.5) is 5.69 Å². The Balaban J connectivity index is 1.97. The van der Waals surface area contributed by atoms with E-state index in [0.717, 1.165) is 0 Å². The van der Waals surface area contributed by atoms with Crippen molar-refractivity contribution in [3.8, 4) is 0 Å². The topological polar surface area (TPSA) is 37.4 Å². The van der Waals surface area contributed by atoms with Gasteiger partial charge < -0.3 is 4.90 Å². The highest BCUT2D eigenvalue weighted by Crippen LogP contribution is 2.29. The van der Waals surface area contributed by atoms with E-state index < -0.39 is 0 Å². The van der Waals surface area contributed by atoms with E-state index in [1.165, 1.54) is 0 Å². The van der Waals surface area contributed by atoms with Crippen molar-refractivity contribution < 1.29 is 9.59 Å². The summed E-state index contributed by atoms with van der Waals surface area (Å²) in [6.45, 7) is 0.571. The second-order valence-electron chi connectivity index (χ2n) is 5.44. The van der Waals surface area contributed by atoms with Crippen LogP contribution in [0.25, 0.3) is 0 Å². The van der Waals surface area contributed by atoms with E-state index in [9.17, 15) is 9.59 Å². The summed E-state index contributed by atoms with van der Waals surface area (Å²) < 4.78 is 0. The average Bonchev–Trinajstić information content (AvgIpc) is 2.96. The molecule has 112 valence electrons. The molecule has 0 radical (unpaired) electrons. The summed E-state index contributed by atoms with van der Waals surface area (Å²) in [6.07, 6.45) is 0.442. The first-order chi connectivity index (χ1) is 10.7. The number of hydrogen-bond acceptors (Lipinski definition) is 2. The van der Waals surface area contributed by atoms with Crippen LogP contribution in [-0.4, -0.2) is 24.1 Å². The van der Waals surface area contributed by atoms with E-state index in [-0.39, 0.29) is 17.6 Å². The van der Waals surface area contributed by atoms with Gasteiger partial charge in [-0.25, -0.2) is 0 Å². The minimum absolute atomic E-state index is 0.0268. The Morgan fingerprint density at radius 2 is 1.77 bits per heavy atom. The molecule has 0 aliphatic carbocycles. The highest BCUT2D eigenvalue weighted by atomic mass is 35.5. The van der Waals surface area contributed by atoms with Gasteiger partial charge in [-0.15, -0.1) is 11.6 Å². The summed E-state index contributed by atoms with van der Waals surface area (Å²) in [5, 5.41) is 0. The maximum atomic E-state index is 12.7. The predicted molar refractivity (Wildman–Crippen MR) is 87.5 cm³/mol. The molecule has 0 saturated carbocycles. The van der Waals surface area contributed by atoms with E-state index >= 15 is 0 Å². The first-order valence-electron chi connectivity index (χ1n) is 7.26. The van der Waals surface area contributed by atoms with Gasteiger partial charge in [-0.05, 0) is 18.1 Å². The van der Waals surface area contributed by atoms with Crippen LogP contribution in [0.2, 0.25) is 0 Å². The van der Waals surface area contributed by atoms with Crippen molar-refractivity contribution in [2.24, 2.45) is 5.92 Å². The average molecular weight is 314 g/mol. The number of hydrogen-bond donors (Lipinski definition) is 0. The number of para-hydroxylation sites is 1. The predicted octanol–water partition coefficient (Wildman–Crippen LogP) is 3.51. The van der Waals surface area contributed by atoms with Crippen molar-refractivity contribution >= 4 is 29.0 Å². The lowest BCUT2D eigenvalue weighted by molar-refractivity contribution is -0.117.